The number of thiophene rings is 1. The first-order chi connectivity index (χ1) is 8.74. The summed E-state index contributed by atoms with van der Waals surface area (Å²) in [5.41, 5.74) is 0. The number of hydrogen-bond donors (Lipinski definition) is 1. The van der Waals surface area contributed by atoms with Gasteiger partial charge in [-0.3, -0.25) is 4.90 Å². The number of rotatable bonds is 6. The summed E-state index contributed by atoms with van der Waals surface area (Å²) in [4.78, 5) is 6.46. The van der Waals surface area contributed by atoms with Crippen LogP contribution >= 0.6 is 27.3 Å². The van der Waals surface area contributed by atoms with E-state index in [4.69, 9.17) is 0 Å². The zero-order valence-electron chi connectivity index (χ0n) is 11.0. The highest BCUT2D eigenvalue weighted by molar-refractivity contribution is 9.11. The lowest BCUT2D eigenvalue weighted by atomic mass is 10.3. The Bertz CT molecular complexity index is 350. The first-order valence-electron chi connectivity index (χ1n) is 6.60. The molecule has 18 heavy (non-hydrogen) atoms. The molecule has 0 saturated carbocycles. The number of piperazine rings is 1. The molecular formula is C13H22BrN3S. The Hall–Kier alpha value is 0.0600. The van der Waals surface area contributed by atoms with Crippen molar-refractivity contribution in [3.05, 3.63) is 20.8 Å². The lowest BCUT2D eigenvalue weighted by Crippen LogP contribution is -2.46. The van der Waals surface area contributed by atoms with Crippen LogP contribution in [0.3, 0.4) is 0 Å². The maximum absolute atomic E-state index is 3.51. The second kappa shape index (κ2) is 7.60. The summed E-state index contributed by atoms with van der Waals surface area (Å²) in [6, 6.07) is 4.36. The van der Waals surface area contributed by atoms with Crippen molar-refractivity contribution in [2.45, 2.75) is 6.42 Å². The van der Waals surface area contributed by atoms with Crippen LogP contribution in [0.1, 0.15) is 4.88 Å². The van der Waals surface area contributed by atoms with Gasteiger partial charge in [-0.25, -0.2) is 0 Å². The van der Waals surface area contributed by atoms with Crippen LogP contribution < -0.4 is 5.32 Å². The van der Waals surface area contributed by atoms with Gasteiger partial charge in [-0.2, -0.15) is 0 Å². The SMILES string of the molecule is CN(CCc1ccc(Br)s1)CCN1CCNCC1. The fraction of sp³-hybridized carbons (Fsp3) is 0.692. The molecule has 2 heterocycles. The molecule has 2 rings (SSSR count). The molecule has 0 aliphatic carbocycles. The van der Waals surface area contributed by atoms with Gasteiger partial charge in [0.25, 0.3) is 0 Å². The van der Waals surface area contributed by atoms with E-state index in [1.807, 2.05) is 11.3 Å². The van der Waals surface area contributed by atoms with Gasteiger partial charge in [-0.1, -0.05) is 0 Å². The van der Waals surface area contributed by atoms with Gasteiger partial charge in [0.05, 0.1) is 3.79 Å². The molecule has 0 aromatic carbocycles. The van der Waals surface area contributed by atoms with Crippen LogP contribution in [0.5, 0.6) is 0 Å². The molecule has 0 unspecified atom stereocenters. The average Bonchev–Trinajstić information content (AvgIpc) is 2.81. The van der Waals surface area contributed by atoms with E-state index in [1.54, 1.807) is 0 Å². The fourth-order valence-electron chi connectivity index (χ4n) is 2.15. The molecule has 1 N–H and O–H groups in total. The van der Waals surface area contributed by atoms with Crippen molar-refractivity contribution in [1.29, 1.82) is 0 Å². The Balaban J connectivity index is 1.61. The monoisotopic (exact) mass is 331 g/mol. The van der Waals surface area contributed by atoms with Gasteiger partial charge in [-0.05, 0) is 41.5 Å². The van der Waals surface area contributed by atoms with Crippen molar-refractivity contribution in [2.75, 3.05) is 52.9 Å². The largest absolute Gasteiger partial charge is 0.314 e. The van der Waals surface area contributed by atoms with Gasteiger partial charge in [0.1, 0.15) is 0 Å². The van der Waals surface area contributed by atoms with E-state index in [9.17, 15) is 0 Å². The van der Waals surface area contributed by atoms with E-state index in [0.29, 0.717) is 0 Å². The Morgan fingerprint density at radius 1 is 1.33 bits per heavy atom. The van der Waals surface area contributed by atoms with Gasteiger partial charge >= 0.3 is 0 Å². The first kappa shape index (κ1) is 14.5. The molecule has 1 aliphatic rings. The van der Waals surface area contributed by atoms with Crippen LogP contribution in [0.2, 0.25) is 0 Å². The number of nitrogens with zero attached hydrogens (tertiary/aromatic N) is 2. The van der Waals surface area contributed by atoms with Crippen LogP contribution in [-0.2, 0) is 6.42 Å². The third-order valence-corrected chi connectivity index (χ3v) is 5.06. The second-order valence-corrected chi connectivity index (χ2v) is 7.40. The van der Waals surface area contributed by atoms with E-state index in [2.05, 4.69) is 50.2 Å². The Morgan fingerprint density at radius 2 is 2.11 bits per heavy atom. The Kier molecular flexibility index (Phi) is 6.11. The topological polar surface area (TPSA) is 18.5 Å². The molecule has 1 saturated heterocycles. The minimum absolute atomic E-state index is 1.15. The van der Waals surface area contributed by atoms with Crippen LogP contribution in [0, 0.1) is 0 Å². The summed E-state index contributed by atoms with van der Waals surface area (Å²) >= 11 is 5.36. The van der Waals surface area contributed by atoms with Crippen molar-refractivity contribution in [1.82, 2.24) is 15.1 Å². The van der Waals surface area contributed by atoms with E-state index < -0.39 is 0 Å². The average molecular weight is 332 g/mol. The highest BCUT2D eigenvalue weighted by Gasteiger charge is 2.10. The van der Waals surface area contributed by atoms with Gasteiger partial charge in [0.2, 0.25) is 0 Å². The van der Waals surface area contributed by atoms with Crippen molar-refractivity contribution < 1.29 is 0 Å². The zero-order valence-corrected chi connectivity index (χ0v) is 13.4. The number of hydrogen-bond acceptors (Lipinski definition) is 4. The fourth-order valence-corrected chi connectivity index (χ4v) is 3.62. The van der Waals surface area contributed by atoms with Gasteiger partial charge in [-0.15, -0.1) is 11.3 Å². The molecule has 3 nitrogen and oxygen atoms in total. The summed E-state index contributed by atoms with van der Waals surface area (Å²) in [5, 5.41) is 3.39. The predicted octanol–water partition coefficient (Wildman–Crippen LogP) is 1.89. The normalized spacial score (nSPS) is 17.5. The molecule has 1 fully saturated rings. The minimum Gasteiger partial charge on any atom is -0.314 e. The van der Waals surface area contributed by atoms with E-state index >= 15 is 0 Å². The Labute approximate surface area is 122 Å². The quantitative estimate of drug-likeness (QED) is 0.858. The van der Waals surface area contributed by atoms with Crippen molar-refractivity contribution in [3.8, 4) is 0 Å². The molecule has 1 aromatic heterocycles. The molecule has 5 heteroatoms. The summed E-state index contributed by atoms with van der Waals surface area (Å²) < 4.78 is 1.24. The third kappa shape index (κ3) is 4.97. The summed E-state index contributed by atoms with van der Waals surface area (Å²) in [5.74, 6) is 0. The highest BCUT2D eigenvalue weighted by atomic mass is 79.9. The molecule has 0 spiro atoms. The Morgan fingerprint density at radius 3 is 2.78 bits per heavy atom. The van der Waals surface area contributed by atoms with E-state index in [0.717, 1.165) is 26.1 Å². The molecule has 1 aromatic rings. The van der Waals surface area contributed by atoms with Crippen LogP contribution in [-0.4, -0.2) is 62.7 Å². The number of halogens is 1. The molecular weight excluding hydrogens is 310 g/mol. The standard InChI is InChI=1S/C13H22BrN3S/c1-16(7-4-12-2-3-13(14)18-12)10-11-17-8-5-15-6-9-17/h2-3,15H,4-11H2,1H3. The number of nitrogens with one attached hydrogen (secondary N) is 1. The summed E-state index contributed by atoms with van der Waals surface area (Å²) in [6.45, 7) is 8.22. The van der Waals surface area contributed by atoms with E-state index in [-0.39, 0.29) is 0 Å². The number of likely N-dealkylation sites (N-methyl/N-ethyl adjacent to an activating group) is 1. The van der Waals surface area contributed by atoms with Crippen LogP contribution in [0.15, 0.2) is 15.9 Å². The predicted molar refractivity (Wildman–Crippen MR) is 82.5 cm³/mol. The van der Waals surface area contributed by atoms with Gasteiger partial charge < -0.3 is 10.2 Å². The maximum Gasteiger partial charge on any atom is 0.0701 e. The van der Waals surface area contributed by atoms with Crippen LogP contribution in [0.25, 0.3) is 0 Å². The van der Waals surface area contributed by atoms with Crippen molar-refractivity contribution in [2.24, 2.45) is 0 Å². The lowest BCUT2D eigenvalue weighted by molar-refractivity contribution is 0.206. The highest BCUT2D eigenvalue weighted by Crippen LogP contribution is 2.22. The van der Waals surface area contributed by atoms with Gasteiger partial charge in [0, 0.05) is 50.7 Å². The zero-order chi connectivity index (χ0) is 12.8. The second-order valence-electron chi connectivity index (χ2n) is 4.85. The van der Waals surface area contributed by atoms with Gasteiger partial charge in [0.15, 0.2) is 0 Å². The van der Waals surface area contributed by atoms with Crippen molar-refractivity contribution in [3.63, 3.8) is 0 Å². The summed E-state index contributed by atoms with van der Waals surface area (Å²) in [7, 11) is 2.23. The maximum atomic E-state index is 3.51. The van der Waals surface area contributed by atoms with Crippen LogP contribution in [0.4, 0.5) is 0 Å². The molecule has 0 radical (unpaired) electrons. The molecule has 0 atom stereocenters. The first-order valence-corrected chi connectivity index (χ1v) is 8.21. The molecule has 0 amide bonds. The summed E-state index contributed by atoms with van der Waals surface area (Å²) in [6.07, 6.45) is 1.16. The third-order valence-electron chi connectivity index (χ3n) is 3.38. The molecule has 1 aliphatic heterocycles. The van der Waals surface area contributed by atoms with E-state index in [1.165, 1.54) is 34.8 Å². The van der Waals surface area contributed by atoms with Crippen molar-refractivity contribution >= 4 is 27.3 Å². The smallest absolute Gasteiger partial charge is 0.0701 e. The minimum atomic E-state index is 1.15. The molecule has 102 valence electrons. The lowest BCUT2D eigenvalue weighted by Gasteiger charge is -2.29. The molecule has 0 bridgehead atoms.